The van der Waals surface area contributed by atoms with Gasteiger partial charge in [-0.25, -0.2) is 9.97 Å². The summed E-state index contributed by atoms with van der Waals surface area (Å²) < 4.78 is 13.0. The van der Waals surface area contributed by atoms with E-state index in [9.17, 15) is 24.3 Å². The molecule has 6 rings (SSSR count). The number of aromatic nitrogens is 8. The van der Waals surface area contributed by atoms with Gasteiger partial charge in [0.15, 0.2) is 6.29 Å². The van der Waals surface area contributed by atoms with Gasteiger partial charge < -0.3 is 41.5 Å². The Morgan fingerprint density at radius 2 is 1.41 bits per heavy atom. The summed E-state index contributed by atoms with van der Waals surface area (Å²) in [6.07, 6.45) is 4.99. The molecule has 0 atom stereocenters. The molecule has 0 fully saturated rings. The summed E-state index contributed by atoms with van der Waals surface area (Å²) in [5.41, 5.74) is 23.2. The summed E-state index contributed by atoms with van der Waals surface area (Å²) in [5.74, 6) is -0.555. The van der Waals surface area contributed by atoms with Crippen LogP contribution in [0.5, 0.6) is 5.75 Å². The van der Waals surface area contributed by atoms with Crippen molar-refractivity contribution >= 4 is 58.0 Å². The number of aliphatic hydroxyl groups is 1. The lowest BCUT2D eigenvalue weighted by atomic mass is 10.1. The summed E-state index contributed by atoms with van der Waals surface area (Å²) in [6, 6.07) is 9.83. The number of rotatable bonds is 17. The molecule has 0 aliphatic carbocycles. The highest BCUT2D eigenvalue weighted by Gasteiger charge is 2.22. The van der Waals surface area contributed by atoms with Crippen LogP contribution in [0.2, 0.25) is 0 Å². The average Bonchev–Trinajstić information content (AvgIpc) is 3.98. The van der Waals surface area contributed by atoms with Crippen LogP contribution in [0.15, 0.2) is 48.6 Å². The van der Waals surface area contributed by atoms with Crippen molar-refractivity contribution in [2.75, 3.05) is 30.9 Å². The number of imidazole rings is 2. The number of carbonyl (C=O) groups excluding carboxylic acids is 4. The van der Waals surface area contributed by atoms with E-state index in [-0.39, 0.29) is 37.8 Å². The van der Waals surface area contributed by atoms with E-state index in [1.165, 1.54) is 6.07 Å². The first-order chi connectivity index (χ1) is 27.9. The molecule has 58 heavy (non-hydrogen) atoms. The van der Waals surface area contributed by atoms with E-state index in [0.717, 1.165) is 24.0 Å². The van der Waals surface area contributed by atoms with E-state index in [1.807, 2.05) is 37.5 Å². The number of hydrogen-bond acceptors (Lipinski definition) is 12. The number of fused-ring (bicyclic) bond motifs is 2. The van der Waals surface area contributed by atoms with Crippen LogP contribution >= 0.6 is 0 Å². The van der Waals surface area contributed by atoms with Gasteiger partial charge in [0.2, 0.25) is 23.7 Å². The first-order valence-electron chi connectivity index (χ1n) is 18.7. The molecule has 19 nitrogen and oxygen atoms in total. The number of nitrogens with one attached hydrogen (secondary N) is 2. The third-order valence-corrected chi connectivity index (χ3v) is 9.06. The number of aliphatic hydroxyl groups excluding tert-OH is 1. The van der Waals surface area contributed by atoms with Crippen LogP contribution < -0.4 is 32.6 Å². The van der Waals surface area contributed by atoms with Crippen molar-refractivity contribution < 1.29 is 29.0 Å². The Hall–Kier alpha value is -6.86. The molecule has 0 aliphatic rings. The molecule has 4 heterocycles. The van der Waals surface area contributed by atoms with E-state index in [1.54, 1.807) is 58.2 Å². The number of hydrogen-bond donors (Lipinski definition) is 6. The lowest BCUT2D eigenvalue weighted by molar-refractivity contribution is 0.0991. The first kappa shape index (κ1) is 42.3. The molecule has 306 valence electrons. The maximum absolute atomic E-state index is 13.5. The van der Waals surface area contributed by atoms with Crippen LogP contribution in [0.3, 0.4) is 0 Å². The first-order valence-corrected chi connectivity index (χ1v) is 18.7. The summed E-state index contributed by atoms with van der Waals surface area (Å²) in [4.78, 5) is 57.2. The molecular weight excluding hydrogens is 747 g/mol. The highest BCUT2D eigenvalue weighted by Crippen LogP contribution is 2.32. The largest absolute Gasteiger partial charge is 0.491 e. The minimum absolute atomic E-state index is 0.0836. The number of ether oxygens (including phenoxy) is 1. The topological polar surface area (TPSA) is 271 Å². The second kappa shape index (κ2) is 18.9. The summed E-state index contributed by atoms with van der Waals surface area (Å²) in [6.45, 7) is 9.65. The molecule has 0 unspecified atom stereocenters. The van der Waals surface area contributed by atoms with Gasteiger partial charge in [0, 0.05) is 63.9 Å². The Kier molecular flexibility index (Phi) is 13.7. The van der Waals surface area contributed by atoms with Crippen molar-refractivity contribution in [2.24, 2.45) is 17.2 Å². The Morgan fingerprint density at radius 3 is 1.98 bits per heavy atom. The zero-order chi connectivity index (χ0) is 42.1. The standard InChI is InChI=1S/C32H39N11O5.C7H10N2O/c1-4-43-24(12-18(2)40-43)30(47)39-32-38-23-15-20(29(35)46)16-25(48-11-7-10-44)27(23)42(32)9-6-5-8-41-26-21(17-33)13-19(28(34)45)14-22(26)37-31(41)36-3;1-3-9-7(5-10)4-6(2)8-9/h5-6,12-16,44H,4,7-11,17,33H2,1-3H3,(H2,34,45)(H2,35,46)(H,36,37)(H,38,39,47);4-5H,3H2,1-2H3/b6-5+;. The fourth-order valence-electron chi connectivity index (χ4n) is 6.43. The quantitative estimate of drug-likeness (QED) is 0.0442. The van der Waals surface area contributed by atoms with E-state index in [0.29, 0.717) is 76.0 Å². The summed E-state index contributed by atoms with van der Waals surface area (Å²) in [5, 5.41) is 23.8. The van der Waals surface area contributed by atoms with E-state index < -0.39 is 17.7 Å². The van der Waals surface area contributed by atoms with Gasteiger partial charge in [-0.05, 0) is 69.7 Å². The van der Waals surface area contributed by atoms with Crippen LogP contribution in [-0.2, 0) is 32.7 Å². The maximum atomic E-state index is 13.5. The van der Waals surface area contributed by atoms with Crippen molar-refractivity contribution in [3.8, 4) is 5.75 Å². The van der Waals surface area contributed by atoms with E-state index in [2.05, 4.69) is 30.8 Å². The molecule has 19 heteroatoms. The molecule has 4 aromatic heterocycles. The molecule has 0 aliphatic heterocycles. The lowest BCUT2D eigenvalue weighted by Crippen LogP contribution is -2.20. The fourth-order valence-corrected chi connectivity index (χ4v) is 6.43. The van der Waals surface area contributed by atoms with Gasteiger partial charge in [0.25, 0.3) is 5.91 Å². The lowest BCUT2D eigenvalue weighted by Gasteiger charge is -2.13. The van der Waals surface area contributed by atoms with E-state index >= 15 is 0 Å². The monoisotopic (exact) mass is 795 g/mol. The molecule has 0 saturated carbocycles. The van der Waals surface area contributed by atoms with Crippen LogP contribution in [0.1, 0.15) is 78.9 Å². The molecule has 0 spiro atoms. The van der Waals surface area contributed by atoms with Gasteiger partial charge in [-0.15, -0.1) is 0 Å². The molecule has 0 saturated heterocycles. The van der Waals surface area contributed by atoms with Crippen molar-refractivity contribution in [1.29, 1.82) is 0 Å². The zero-order valence-electron chi connectivity index (χ0n) is 33.2. The van der Waals surface area contributed by atoms with Gasteiger partial charge >= 0.3 is 0 Å². The predicted molar refractivity (Wildman–Crippen MR) is 219 cm³/mol. The molecule has 3 amide bonds. The molecule has 0 radical (unpaired) electrons. The number of amides is 3. The van der Waals surface area contributed by atoms with Gasteiger partial charge in [-0.1, -0.05) is 12.2 Å². The molecular formula is C39H49N13O6. The number of nitrogens with zero attached hydrogens (tertiary/aromatic N) is 8. The minimum Gasteiger partial charge on any atom is -0.491 e. The van der Waals surface area contributed by atoms with Crippen molar-refractivity contribution in [2.45, 2.75) is 66.8 Å². The van der Waals surface area contributed by atoms with Crippen molar-refractivity contribution in [3.05, 3.63) is 88.0 Å². The smallest absolute Gasteiger partial charge is 0.276 e. The van der Waals surface area contributed by atoms with E-state index in [4.69, 9.17) is 21.9 Å². The number of carbonyl (C=O) groups is 4. The van der Waals surface area contributed by atoms with Crippen LogP contribution in [0, 0.1) is 13.8 Å². The predicted octanol–water partition coefficient (Wildman–Crippen LogP) is 2.90. The number of aldehydes is 1. The van der Waals surface area contributed by atoms with Gasteiger partial charge in [-0.2, -0.15) is 10.2 Å². The number of primary amides is 2. The number of nitrogens with two attached hydrogens (primary N) is 3. The number of benzene rings is 2. The summed E-state index contributed by atoms with van der Waals surface area (Å²) in [7, 11) is 1.75. The highest BCUT2D eigenvalue weighted by atomic mass is 16.5. The molecule has 9 N–H and O–H groups in total. The van der Waals surface area contributed by atoms with Crippen molar-refractivity contribution in [1.82, 2.24) is 38.7 Å². The number of allylic oxidation sites excluding steroid dienone is 2. The van der Waals surface area contributed by atoms with Crippen molar-refractivity contribution in [3.63, 3.8) is 0 Å². The summed E-state index contributed by atoms with van der Waals surface area (Å²) >= 11 is 0. The zero-order valence-corrected chi connectivity index (χ0v) is 33.2. The molecule has 2 aromatic carbocycles. The maximum Gasteiger partial charge on any atom is 0.276 e. The number of aryl methyl sites for hydroxylation is 4. The minimum atomic E-state index is -0.668. The Morgan fingerprint density at radius 1 is 0.828 bits per heavy atom. The highest BCUT2D eigenvalue weighted by molar-refractivity contribution is 6.04. The normalized spacial score (nSPS) is 11.2. The fraction of sp³-hybridized carbons (Fsp3) is 0.333. The van der Waals surface area contributed by atoms with Crippen LogP contribution in [0.25, 0.3) is 22.1 Å². The second-order valence-corrected chi connectivity index (χ2v) is 13.1. The third kappa shape index (κ3) is 9.22. The molecule has 0 bridgehead atoms. The number of anilines is 2. The van der Waals surface area contributed by atoms with Gasteiger partial charge in [0.1, 0.15) is 22.7 Å². The van der Waals surface area contributed by atoms with Gasteiger partial charge in [-0.3, -0.25) is 33.9 Å². The SMILES string of the molecule is CCn1nc(C)cc1C(=O)Nc1nc2cc(C(N)=O)cc(OCCCO)c2n1C/C=C/Cn1c(NC)nc2cc(C(N)=O)cc(CN)c21.CCn1nc(C)cc1C=O. The van der Waals surface area contributed by atoms with Crippen LogP contribution in [-0.4, -0.2) is 88.0 Å². The van der Waals surface area contributed by atoms with Gasteiger partial charge in [0.05, 0.1) is 34.5 Å². The van der Waals surface area contributed by atoms with Crippen LogP contribution in [0.4, 0.5) is 11.9 Å². The Bertz CT molecular complexity index is 2490. The third-order valence-electron chi connectivity index (χ3n) is 9.06. The Balaban J connectivity index is 0.000000559. The second-order valence-electron chi connectivity index (χ2n) is 13.1. The Labute approximate surface area is 333 Å². The molecule has 6 aromatic rings. The average molecular weight is 796 g/mol.